The Bertz CT molecular complexity index is 862. The Hall–Kier alpha value is -1.97. The van der Waals surface area contributed by atoms with E-state index in [0.717, 1.165) is 23.3 Å². The summed E-state index contributed by atoms with van der Waals surface area (Å²) in [4.78, 5) is 16.8. The number of ether oxygens (including phenoxy) is 1. The molecule has 9 heteroatoms. The lowest BCUT2D eigenvalue weighted by Crippen LogP contribution is -2.42. The highest BCUT2D eigenvalue weighted by Crippen LogP contribution is 2.27. The number of thiazole rings is 1. The van der Waals surface area contributed by atoms with Crippen LogP contribution in [0.15, 0.2) is 29.6 Å². The molecule has 134 valence electrons. The summed E-state index contributed by atoms with van der Waals surface area (Å²) in [6, 6.07) is 6.80. The third kappa shape index (κ3) is 4.00. The summed E-state index contributed by atoms with van der Waals surface area (Å²) >= 11 is 1.31. The normalized spacial score (nSPS) is 18.2. The van der Waals surface area contributed by atoms with E-state index in [1.165, 1.54) is 15.6 Å². The third-order valence-electron chi connectivity index (χ3n) is 4.05. The van der Waals surface area contributed by atoms with Gasteiger partial charge in [0.05, 0.1) is 19.1 Å². The molecular weight excluding hydrogens is 362 g/mol. The standard InChI is InChI=1S/C16H19N3O4S2/c1-23-12-7-5-11(6-8-12)13-10-24-16(17-13)18-15(20)14-4-3-9-19(14)25(2,21)22/h5-8,10,14H,3-4,9H2,1-2H3,(H,17,18,20). The van der Waals surface area contributed by atoms with Crippen molar-refractivity contribution in [3.05, 3.63) is 29.6 Å². The fourth-order valence-electron chi connectivity index (χ4n) is 2.81. The first-order chi connectivity index (χ1) is 11.9. The molecule has 3 rings (SSSR count). The summed E-state index contributed by atoms with van der Waals surface area (Å²) in [5, 5.41) is 5.04. The molecule has 1 atom stereocenters. The molecule has 1 fully saturated rings. The fourth-order valence-corrected chi connectivity index (χ4v) is 4.66. The molecule has 1 aliphatic heterocycles. The number of carbonyl (C=O) groups excluding carboxylic acids is 1. The number of nitrogens with zero attached hydrogens (tertiary/aromatic N) is 2. The maximum absolute atomic E-state index is 12.4. The predicted molar refractivity (Wildman–Crippen MR) is 97.3 cm³/mol. The van der Waals surface area contributed by atoms with E-state index in [9.17, 15) is 13.2 Å². The van der Waals surface area contributed by atoms with Crippen LogP contribution in [0.5, 0.6) is 5.75 Å². The van der Waals surface area contributed by atoms with Crippen LogP contribution in [0.3, 0.4) is 0 Å². The molecule has 0 radical (unpaired) electrons. The van der Waals surface area contributed by atoms with E-state index in [2.05, 4.69) is 10.3 Å². The number of aromatic nitrogens is 1. The highest BCUT2D eigenvalue weighted by molar-refractivity contribution is 7.88. The van der Waals surface area contributed by atoms with Gasteiger partial charge in [0, 0.05) is 17.5 Å². The van der Waals surface area contributed by atoms with Crippen LogP contribution < -0.4 is 10.1 Å². The minimum absolute atomic E-state index is 0.335. The number of hydrogen-bond acceptors (Lipinski definition) is 6. The predicted octanol–water partition coefficient (Wildman–Crippen LogP) is 2.18. The first-order valence-corrected chi connectivity index (χ1v) is 10.5. The molecule has 1 amide bonds. The monoisotopic (exact) mass is 381 g/mol. The zero-order valence-corrected chi connectivity index (χ0v) is 15.6. The van der Waals surface area contributed by atoms with Crippen LogP contribution in [0, 0.1) is 0 Å². The Labute approximate surface area is 150 Å². The number of carbonyl (C=O) groups is 1. The Morgan fingerprint density at radius 3 is 2.72 bits per heavy atom. The number of benzene rings is 1. The van der Waals surface area contributed by atoms with Gasteiger partial charge in [0.1, 0.15) is 11.8 Å². The fraction of sp³-hybridized carbons (Fsp3) is 0.375. The highest BCUT2D eigenvalue weighted by Gasteiger charge is 2.36. The molecule has 1 N–H and O–H groups in total. The molecule has 0 saturated carbocycles. The molecule has 7 nitrogen and oxygen atoms in total. The summed E-state index contributed by atoms with van der Waals surface area (Å²) in [5.41, 5.74) is 1.66. The summed E-state index contributed by atoms with van der Waals surface area (Å²) < 4.78 is 29.9. The maximum atomic E-state index is 12.4. The number of methoxy groups -OCH3 is 1. The highest BCUT2D eigenvalue weighted by atomic mass is 32.2. The van der Waals surface area contributed by atoms with E-state index >= 15 is 0 Å². The van der Waals surface area contributed by atoms with Crippen LogP contribution in [0.2, 0.25) is 0 Å². The van der Waals surface area contributed by atoms with Crippen molar-refractivity contribution in [2.24, 2.45) is 0 Å². The van der Waals surface area contributed by atoms with E-state index in [1.807, 2.05) is 29.6 Å². The molecule has 1 aromatic heterocycles. The summed E-state index contributed by atoms with van der Waals surface area (Å²) in [6.07, 6.45) is 2.33. The molecule has 1 unspecified atom stereocenters. The van der Waals surface area contributed by atoms with Crippen molar-refractivity contribution in [3.63, 3.8) is 0 Å². The molecule has 2 aromatic rings. The SMILES string of the molecule is COc1ccc(-c2csc(NC(=O)C3CCCN3S(C)(=O)=O)n2)cc1. The summed E-state index contributed by atoms with van der Waals surface area (Å²) in [5.74, 6) is 0.424. The zero-order chi connectivity index (χ0) is 18.0. The molecular formula is C16H19N3O4S2. The van der Waals surface area contributed by atoms with Gasteiger partial charge in [-0.15, -0.1) is 11.3 Å². The van der Waals surface area contributed by atoms with Gasteiger partial charge >= 0.3 is 0 Å². The Morgan fingerprint density at radius 1 is 1.36 bits per heavy atom. The number of amides is 1. The third-order valence-corrected chi connectivity index (χ3v) is 6.10. The molecule has 2 heterocycles. The van der Waals surface area contributed by atoms with Crippen molar-refractivity contribution in [1.29, 1.82) is 0 Å². The van der Waals surface area contributed by atoms with Gasteiger partial charge in [-0.3, -0.25) is 4.79 Å². The average Bonchev–Trinajstić information content (AvgIpc) is 3.24. The molecule has 1 aromatic carbocycles. The van der Waals surface area contributed by atoms with E-state index in [-0.39, 0.29) is 5.91 Å². The van der Waals surface area contributed by atoms with Gasteiger partial charge in [-0.1, -0.05) is 0 Å². The minimum Gasteiger partial charge on any atom is -0.497 e. The lowest BCUT2D eigenvalue weighted by atomic mass is 10.2. The average molecular weight is 381 g/mol. The van der Waals surface area contributed by atoms with E-state index in [1.54, 1.807) is 7.11 Å². The Balaban J connectivity index is 1.71. The number of nitrogens with one attached hydrogen (secondary N) is 1. The lowest BCUT2D eigenvalue weighted by molar-refractivity contribution is -0.119. The van der Waals surface area contributed by atoms with E-state index in [0.29, 0.717) is 24.5 Å². The van der Waals surface area contributed by atoms with Crippen molar-refractivity contribution >= 4 is 32.4 Å². The van der Waals surface area contributed by atoms with Gasteiger partial charge < -0.3 is 10.1 Å². The van der Waals surface area contributed by atoms with Crippen LogP contribution in [-0.2, 0) is 14.8 Å². The van der Waals surface area contributed by atoms with Crippen LogP contribution in [-0.4, -0.2) is 49.6 Å². The number of rotatable bonds is 5. The number of anilines is 1. The van der Waals surface area contributed by atoms with Crippen LogP contribution in [0.1, 0.15) is 12.8 Å². The minimum atomic E-state index is -3.39. The largest absolute Gasteiger partial charge is 0.497 e. The van der Waals surface area contributed by atoms with Crippen LogP contribution >= 0.6 is 11.3 Å². The topological polar surface area (TPSA) is 88.6 Å². The first kappa shape index (κ1) is 17.8. The second-order valence-electron chi connectivity index (χ2n) is 5.79. The van der Waals surface area contributed by atoms with Gasteiger partial charge in [0.15, 0.2) is 5.13 Å². The van der Waals surface area contributed by atoms with Crippen LogP contribution in [0.25, 0.3) is 11.3 Å². The van der Waals surface area contributed by atoms with Crippen molar-refractivity contribution < 1.29 is 17.9 Å². The smallest absolute Gasteiger partial charge is 0.244 e. The second-order valence-corrected chi connectivity index (χ2v) is 8.58. The van der Waals surface area contributed by atoms with Gasteiger partial charge in [0.25, 0.3) is 0 Å². The summed E-state index contributed by atoms with van der Waals surface area (Å²) in [7, 11) is -1.78. The quantitative estimate of drug-likeness (QED) is 0.858. The number of sulfonamides is 1. The van der Waals surface area contributed by atoms with Crippen LogP contribution in [0.4, 0.5) is 5.13 Å². The molecule has 0 bridgehead atoms. The molecule has 25 heavy (non-hydrogen) atoms. The maximum Gasteiger partial charge on any atom is 0.244 e. The lowest BCUT2D eigenvalue weighted by Gasteiger charge is -2.20. The van der Waals surface area contributed by atoms with Gasteiger partial charge in [-0.25, -0.2) is 13.4 Å². The van der Waals surface area contributed by atoms with Gasteiger partial charge in [-0.05, 0) is 37.1 Å². The molecule has 1 aliphatic rings. The zero-order valence-electron chi connectivity index (χ0n) is 13.9. The Morgan fingerprint density at radius 2 is 2.08 bits per heavy atom. The van der Waals surface area contributed by atoms with Crippen molar-refractivity contribution in [2.75, 3.05) is 25.2 Å². The summed E-state index contributed by atoms with van der Waals surface area (Å²) in [6.45, 7) is 0.381. The van der Waals surface area contributed by atoms with Crippen molar-refractivity contribution in [3.8, 4) is 17.0 Å². The van der Waals surface area contributed by atoms with E-state index < -0.39 is 16.1 Å². The van der Waals surface area contributed by atoms with E-state index in [4.69, 9.17) is 4.74 Å². The molecule has 0 aliphatic carbocycles. The molecule has 0 spiro atoms. The van der Waals surface area contributed by atoms with Gasteiger partial charge in [-0.2, -0.15) is 4.31 Å². The van der Waals surface area contributed by atoms with Crippen molar-refractivity contribution in [2.45, 2.75) is 18.9 Å². The molecule has 1 saturated heterocycles. The first-order valence-electron chi connectivity index (χ1n) is 7.76. The Kier molecular flexibility index (Phi) is 5.07. The number of hydrogen-bond donors (Lipinski definition) is 1. The van der Waals surface area contributed by atoms with Crippen molar-refractivity contribution in [1.82, 2.24) is 9.29 Å². The second kappa shape index (κ2) is 7.11. The van der Waals surface area contributed by atoms with Gasteiger partial charge in [0.2, 0.25) is 15.9 Å².